The summed E-state index contributed by atoms with van der Waals surface area (Å²) in [6, 6.07) is 0. The van der Waals surface area contributed by atoms with Crippen LogP contribution in [0.5, 0.6) is 0 Å². The highest BCUT2D eigenvalue weighted by molar-refractivity contribution is 7.99. The minimum absolute atomic E-state index is 0. The Labute approximate surface area is 94.5 Å². The highest BCUT2D eigenvalue weighted by Crippen LogP contribution is 2.26. The van der Waals surface area contributed by atoms with Crippen molar-refractivity contribution < 1.29 is 0 Å². The van der Waals surface area contributed by atoms with E-state index in [0.29, 0.717) is 5.25 Å². The van der Waals surface area contributed by atoms with Gasteiger partial charge in [0.15, 0.2) is 0 Å². The maximum Gasteiger partial charge on any atom is 0.118 e. The number of thioether (sulfide) groups is 1. The molecule has 1 atom stereocenters. The van der Waals surface area contributed by atoms with Crippen LogP contribution in [0.1, 0.15) is 12.1 Å². The van der Waals surface area contributed by atoms with Crippen LogP contribution in [0.3, 0.4) is 0 Å². The first-order valence-corrected chi connectivity index (χ1v) is 5.39. The largest absolute Gasteiger partial charge is 0.316 e. The molecule has 1 fully saturated rings. The molecule has 1 aromatic rings. The molecule has 78 valence electrons. The molecule has 14 heavy (non-hydrogen) atoms. The fraction of sp³-hybridized carbons (Fsp3) is 0.556. The fourth-order valence-corrected chi connectivity index (χ4v) is 2.49. The van der Waals surface area contributed by atoms with Crippen molar-refractivity contribution in [3.05, 3.63) is 18.1 Å². The van der Waals surface area contributed by atoms with Crippen molar-refractivity contribution in [3.8, 4) is 0 Å². The monoisotopic (exact) mass is 231 g/mol. The average Bonchev–Trinajstić information content (AvgIpc) is 2.61. The van der Waals surface area contributed by atoms with Crippen molar-refractivity contribution >= 4 is 24.2 Å². The summed E-state index contributed by atoms with van der Waals surface area (Å²) >= 11 is 1.84. The van der Waals surface area contributed by atoms with E-state index in [1.165, 1.54) is 6.42 Å². The summed E-state index contributed by atoms with van der Waals surface area (Å²) in [4.78, 5) is 8.53. The topological polar surface area (TPSA) is 37.8 Å². The highest BCUT2D eigenvalue weighted by Gasteiger charge is 2.17. The number of hydrogen-bond acceptors (Lipinski definition) is 4. The van der Waals surface area contributed by atoms with E-state index in [1.54, 1.807) is 12.4 Å². The van der Waals surface area contributed by atoms with Crippen LogP contribution >= 0.6 is 24.2 Å². The molecule has 0 bridgehead atoms. The summed E-state index contributed by atoms with van der Waals surface area (Å²) in [7, 11) is 0. The van der Waals surface area contributed by atoms with Gasteiger partial charge >= 0.3 is 0 Å². The third-order valence-electron chi connectivity index (χ3n) is 2.13. The molecule has 1 N–H and O–H groups in total. The Morgan fingerprint density at radius 2 is 2.21 bits per heavy atom. The molecule has 1 aliphatic heterocycles. The Bertz CT molecular complexity index is 289. The van der Waals surface area contributed by atoms with Gasteiger partial charge in [0.1, 0.15) is 5.03 Å². The van der Waals surface area contributed by atoms with Gasteiger partial charge in [0.05, 0.1) is 5.69 Å². The minimum atomic E-state index is 0. The lowest BCUT2D eigenvalue weighted by Gasteiger charge is -2.07. The van der Waals surface area contributed by atoms with Crippen LogP contribution < -0.4 is 5.32 Å². The zero-order valence-electron chi connectivity index (χ0n) is 8.06. The van der Waals surface area contributed by atoms with E-state index in [9.17, 15) is 0 Å². The van der Waals surface area contributed by atoms with Crippen molar-refractivity contribution in [2.45, 2.75) is 23.6 Å². The summed E-state index contributed by atoms with van der Waals surface area (Å²) in [5.74, 6) is 0. The lowest BCUT2D eigenvalue weighted by Crippen LogP contribution is -2.10. The van der Waals surface area contributed by atoms with Crippen LogP contribution in [0.4, 0.5) is 0 Å². The Kier molecular flexibility index (Phi) is 4.65. The van der Waals surface area contributed by atoms with Gasteiger partial charge in [-0.15, -0.1) is 12.4 Å². The summed E-state index contributed by atoms with van der Waals surface area (Å²) in [5.41, 5.74) is 1.04. The van der Waals surface area contributed by atoms with Crippen LogP contribution in [-0.2, 0) is 0 Å². The lowest BCUT2D eigenvalue weighted by atomic mass is 10.4. The molecule has 0 saturated carbocycles. The number of rotatable bonds is 2. The maximum absolute atomic E-state index is 4.31. The number of aromatic nitrogens is 2. The van der Waals surface area contributed by atoms with Crippen LogP contribution in [0.2, 0.25) is 0 Å². The molecule has 0 aromatic carbocycles. The van der Waals surface area contributed by atoms with Crippen LogP contribution in [0, 0.1) is 6.92 Å². The van der Waals surface area contributed by atoms with Crippen LogP contribution in [0.15, 0.2) is 17.4 Å². The second-order valence-corrected chi connectivity index (χ2v) is 4.47. The molecule has 5 heteroatoms. The van der Waals surface area contributed by atoms with Gasteiger partial charge in [-0.1, -0.05) is 11.8 Å². The molecule has 3 nitrogen and oxygen atoms in total. The van der Waals surface area contributed by atoms with Gasteiger partial charge < -0.3 is 5.32 Å². The molecule has 1 saturated heterocycles. The molecule has 0 amide bonds. The van der Waals surface area contributed by atoms with Crippen molar-refractivity contribution in [2.24, 2.45) is 0 Å². The maximum atomic E-state index is 4.31. The fourth-order valence-electron chi connectivity index (χ4n) is 1.40. The van der Waals surface area contributed by atoms with Crippen molar-refractivity contribution in [1.82, 2.24) is 15.3 Å². The second-order valence-electron chi connectivity index (χ2n) is 3.18. The Morgan fingerprint density at radius 3 is 2.86 bits per heavy atom. The van der Waals surface area contributed by atoms with Gasteiger partial charge in [-0.25, -0.2) is 4.98 Å². The number of halogens is 1. The summed E-state index contributed by atoms with van der Waals surface area (Å²) in [5, 5.41) is 5.10. The van der Waals surface area contributed by atoms with Gasteiger partial charge in [0.25, 0.3) is 0 Å². The van der Waals surface area contributed by atoms with Crippen LogP contribution in [-0.4, -0.2) is 28.3 Å². The first kappa shape index (κ1) is 11.8. The van der Waals surface area contributed by atoms with E-state index in [2.05, 4.69) is 15.3 Å². The van der Waals surface area contributed by atoms with Gasteiger partial charge in [-0.05, 0) is 19.9 Å². The molecule has 0 unspecified atom stereocenters. The lowest BCUT2D eigenvalue weighted by molar-refractivity contribution is 0.858. The van der Waals surface area contributed by atoms with Gasteiger partial charge in [0.2, 0.25) is 0 Å². The third-order valence-corrected chi connectivity index (χ3v) is 3.49. The quantitative estimate of drug-likeness (QED) is 0.840. The number of nitrogens with zero attached hydrogens (tertiary/aromatic N) is 2. The SMILES string of the molecule is Cc1nccnc1S[C@H]1CCNC1.Cl. The van der Waals surface area contributed by atoms with Crippen LogP contribution in [0.25, 0.3) is 0 Å². The summed E-state index contributed by atoms with van der Waals surface area (Å²) in [6.07, 6.45) is 4.74. The first-order chi connectivity index (χ1) is 6.36. The van der Waals surface area contributed by atoms with Crippen molar-refractivity contribution in [1.29, 1.82) is 0 Å². The molecule has 2 rings (SSSR count). The summed E-state index contributed by atoms with van der Waals surface area (Å²) < 4.78 is 0. The van der Waals surface area contributed by atoms with Gasteiger partial charge in [0, 0.05) is 24.2 Å². The number of hydrogen-bond donors (Lipinski definition) is 1. The van der Waals surface area contributed by atoms with E-state index in [0.717, 1.165) is 23.8 Å². The normalized spacial score (nSPS) is 20.5. The van der Waals surface area contributed by atoms with Crippen molar-refractivity contribution in [3.63, 3.8) is 0 Å². The highest BCUT2D eigenvalue weighted by atomic mass is 35.5. The Balaban J connectivity index is 0.000000980. The van der Waals surface area contributed by atoms with E-state index >= 15 is 0 Å². The smallest absolute Gasteiger partial charge is 0.118 e. The molecule has 1 aliphatic rings. The average molecular weight is 232 g/mol. The molecule has 0 radical (unpaired) electrons. The zero-order chi connectivity index (χ0) is 9.10. The molecule has 2 heterocycles. The van der Waals surface area contributed by atoms with Crippen molar-refractivity contribution in [2.75, 3.05) is 13.1 Å². The predicted octanol–water partition coefficient (Wildman–Crippen LogP) is 1.66. The van der Waals surface area contributed by atoms with Gasteiger partial charge in [-0.3, -0.25) is 4.98 Å². The number of aryl methyl sites for hydroxylation is 1. The predicted molar refractivity (Wildman–Crippen MR) is 61.1 cm³/mol. The molecule has 1 aromatic heterocycles. The van der Waals surface area contributed by atoms with E-state index in [4.69, 9.17) is 0 Å². The molecule has 0 spiro atoms. The molecular weight excluding hydrogens is 218 g/mol. The zero-order valence-corrected chi connectivity index (χ0v) is 9.70. The molecule has 0 aliphatic carbocycles. The Hall–Kier alpha value is -0.320. The molecular formula is C9H14ClN3S. The van der Waals surface area contributed by atoms with Gasteiger partial charge in [-0.2, -0.15) is 0 Å². The Morgan fingerprint density at radius 1 is 1.43 bits per heavy atom. The van der Waals surface area contributed by atoms with E-state index in [-0.39, 0.29) is 12.4 Å². The first-order valence-electron chi connectivity index (χ1n) is 4.51. The third kappa shape index (κ3) is 2.83. The standard InChI is InChI=1S/C9H13N3S.ClH/c1-7-9(12-5-4-11-7)13-8-2-3-10-6-8;/h4-5,8,10H,2-3,6H2,1H3;1H/t8-;/m0./s1. The summed E-state index contributed by atoms with van der Waals surface area (Å²) in [6.45, 7) is 4.25. The number of nitrogens with one attached hydrogen (secondary N) is 1. The van der Waals surface area contributed by atoms with E-state index < -0.39 is 0 Å². The minimum Gasteiger partial charge on any atom is -0.316 e. The second kappa shape index (κ2) is 5.53. The van der Waals surface area contributed by atoms with E-state index in [1.807, 2.05) is 18.7 Å².